The highest BCUT2D eigenvalue weighted by molar-refractivity contribution is 6.32. The Bertz CT molecular complexity index is 679. The van der Waals surface area contributed by atoms with Gasteiger partial charge in [0.05, 0.1) is 24.5 Å². The molecule has 2 aromatic rings. The number of carbonyl (C=O) groups excluding carboxylic acids is 2. The van der Waals surface area contributed by atoms with Crippen LogP contribution in [0.4, 0.5) is 4.39 Å². The van der Waals surface area contributed by atoms with Crippen molar-refractivity contribution in [2.45, 2.75) is 19.4 Å². The molecule has 2 rings (SSSR count). The predicted octanol–water partition coefficient (Wildman–Crippen LogP) is 1.58. The Hall–Kier alpha value is -2.83. The maximum absolute atomic E-state index is 13.8. The summed E-state index contributed by atoms with van der Waals surface area (Å²) in [4.78, 5) is 31.4. The molecule has 0 aliphatic heterocycles. The normalized spacial score (nSPS) is 11.6. The van der Waals surface area contributed by atoms with Gasteiger partial charge in [-0.05, 0) is 18.6 Å². The Kier molecular flexibility index (Phi) is 5.74. The molecule has 1 unspecified atom stereocenters. The number of carbonyl (C=O) groups is 2. The second kappa shape index (κ2) is 7.98. The zero-order valence-electron chi connectivity index (χ0n) is 12.5. The maximum Gasteiger partial charge on any atom is 0.396 e. The molecule has 0 fully saturated rings. The molecule has 0 saturated carbocycles. The van der Waals surface area contributed by atoms with Crippen molar-refractivity contribution >= 4 is 11.9 Å². The second-order valence-corrected chi connectivity index (χ2v) is 4.67. The monoisotopic (exact) mass is 317 g/mol. The highest BCUT2D eigenvalue weighted by Crippen LogP contribution is 2.18. The van der Waals surface area contributed by atoms with Crippen LogP contribution in [-0.4, -0.2) is 28.5 Å². The van der Waals surface area contributed by atoms with Crippen molar-refractivity contribution in [1.82, 2.24) is 15.3 Å². The molecular weight excluding hydrogens is 301 g/mol. The van der Waals surface area contributed by atoms with Crippen LogP contribution in [0, 0.1) is 5.82 Å². The van der Waals surface area contributed by atoms with Crippen LogP contribution < -0.4 is 5.32 Å². The van der Waals surface area contributed by atoms with Crippen molar-refractivity contribution in [2.24, 2.45) is 0 Å². The fraction of sp³-hybridized carbons (Fsp3) is 0.250. The molecule has 0 spiro atoms. The number of nitrogens with one attached hydrogen (secondary N) is 1. The molecule has 0 aliphatic carbocycles. The third-order valence-electron chi connectivity index (χ3n) is 3.09. The van der Waals surface area contributed by atoms with Gasteiger partial charge in [0.25, 0.3) is 0 Å². The Morgan fingerprint density at radius 3 is 2.74 bits per heavy atom. The maximum atomic E-state index is 13.8. The van der Waals surface area contributed by atoms with Crippen LogP contribution in [0.5, 0.6) is 0 Å². The van der Waals surface area contributed by atoms with Gasteiger partial charge >= 0.3 is 11.9 Å². The number of nitrogens with zero attached hydrogens (tertiary/aromatic N) is 2. The minimum Gasteiger partial charge on any atom is -0.459 e. The summed E-state index contributed by atoms with van der Waals surface area (Å²) in [6.45, 7) is 1.69. The first-order valence-corrected chi connectivity index (χ1v) is 7.08. The van der Waals surface area contributed by atoms with Crippen molar-refractivity contribution in [1.29, 1.82) is 0 Å². The SMILES string of the molecule is CCOC(=O)C(=O)NC(Cc1ccccc1F)c1cnccn1. The zero-order chi connectivity index (χ0) is 16.7. The van der Waals surface area contributed by atoms with E-state index in [0.29, 0.717) is 11.3 Å². The molecular formula is C16H16FN3O3. The first-order valence-electron chi connectivity index (χ1n) is 7.08. The van der Waals surface area contributed by atoms with Crippen LogP contribution in [0.3, 0.4) is 0 Å². The quantitative estimate of drug-likeness (QED) is 0.669. The average Bonchev–Trinajstić information content (AvgIpc) is 2.57. The lowest BCUT2D eigenvalue weighted by molar-refractivity contribution is -0.154. The molecule has 1 heterocycles. The summed E-state index contributed by atoms with van der Waals surface area (Å²) >= 11 is 0. The number of benzene rings is 1. The third kappa shape index (κ3) is 4.57. The van der Waals surface area contributed by atoms with Crippen molar-refractivity contribution < 1.29 is 18.7 Å². The Balaban J connectivity index is 2.21. The molecule has 1 amide bonds. The lowest BCUT2D eigenvalue weighted by Crippen LogP contribution is -2.37. The minimum atomic E-state index is -0.991. The molecule has 0 aliphatic rings. The van der Waals surface area contributed by atoms with Crippen LogP contribution >= 0.6 is 0 Å². The third-order valence-corrected chi connectivity index (χ3v) is 3.09. The summed E-state index contributed by atoms with van der Waals surface area (Å²) in [7, 11) is 0. The van der Waals surface area contributed by atoms with Crippen molar-refractivity contribution in [3.8, 4) is 0 Å². The van der Waals surface area contributed by atoms with E-state index in [1.165, 1.54) is 24.7 Å². The van der Waals surface area contributed by atoms with E-state index in [-0.39, 0.29) is 13.0 Å². The predicted molar refractivity (Wildman–Crippen MR) is 79.7 cm³/mol. The van der Waals surface area contributed by atoms with Gasteiger partial charge in [-0.3, -0.25) is 14.8 Å². The van der Waals surface area contributed by atoms with Gasteiger partial charge in [0, 0.05) is 18.8 Å². The molecule has 6 nitrogen and oxygen atoms in total. The van der Waals surface area contributed by atoms with E-state index < -0.39 is 23.7 Å². The lowest BCUT2D eigenvalue weighted by Gasteiger charge is -2.17. The van der Waals surface area contributed by atoms with E-state index in [9.17, 15) is 14.0 Å². The number of aromatic nitrogens is 2. The van der Waals surface area contributed by atoms with Gasteiger partial charge in [-0.2, -0.15) is 0 Å². The highest BCUT2D eigenvalue weighted by atomic mass is 19.1. The molecule has 0 radical (unpaired) electrons. The average molecular weight is 317 g/mol. The van der Waals surface area contributed by atoms with Gasteiger partial charge in [0.1, 0.15) is 5.82 Å². The van der Waals surface area contributed by atoms with Crippen molar-refractivity contribution in [3.63, 3.8) is 0 Å². The van der Waals surface area contributed by atoms with Gasteiger partial charge in [0.2, 0.25) is 0 Å². The summed E-state index contributed by atoms with van der Waals surface area (Å²) in [5, 5.41) is 2.51. The Morgan fingerprint density at radius 1 is 1.30 bits per heavy atom. The first kappa shape index (κ1) is 16.5. The number of amides is 1. The van der Waals surface area contributed by atoms with Crippen LogP contribution in [-0.2, 0) is 20.7 Å². The number of rotatable bonds is 5. The molecule has 1 atom stereocenters. The van der Waals surface area contributed by atoms with E-state index in [4.69, 9.17) is 0 Å². The lowest BCUT2D eigenvalue weighted by atomic mass is 10.0. The van der Waals surface area contributed by atoms with Crippen LogP contribution in [0.25, 0.3) is 0 Å². The topological polar surface area (TPSA) is 81.2 Å². The Morgan fingerprint density at radius 2 is 2.09 bits per heavy atom. The molecule has 120 valence electrons. The molecule has 7 heteroatoms. The van der Waals surface area contributed by atoms with Crippen molar-refractivity contribution in [2.75, 3.05) is 6.61 Å². The van der Waals surface area contributed by atoms with E-state index >= 15 is 0 Å². The van der Waals surface area contributed by atoms with Gasteiger partial charge in [-0.1, -0.05) is 18.2 Å². The summed E-state index contributed by atoms with van der Waals surface area (Å²) in [6.07, 6.45) is 4.53. The molecule has 0 saturated heterocycles. The van der Waals surface area contributed by atoms with Crippen LogP contribution in [0.2, 0.25) is 0 Å². The van der Waals surface area contributed by atoms with E-state index in [1.54, 1.807) is 25.1 Å². The molecule has 1 N–H and O–H groups in total. The fourth-order valence-electron chi connectivity index (χ4n) is 2.02. The van der Waals surface area contributed by atoms with E-state index in [1.807, 2.05) is 0 Å². The van der Waals surface area contributed by atoms with E-state index in [0.717, 1.165) is 0 Å². The summed E-state index contributed by atoms with van der Waals surface area (Å²) < 4.78 is 18.5. The number of esters is 1. The molecule has 1 aromatic carbocycles. The largest absolute Gasteiger partial charge is 0.459 e. The summed E-state index contributed by atoms with van der Waals surface area (Å²) in [5.41, 5.74) is 0.820. The Labute approximate surface area is 132 Å². The van der Waals surface area contributed by atoms with Crippen LogP contribution in [0.15, 0.2) is 42.9 Å². The number of hydrogen-bond donors (Lipinski definition) is 1. The standard InChI is InChI=1S/C16H16FN3O3/c1-2-23-16(22)15(21)20-13(14-10-18-7-8-19-14)9-11-5-3-4-6-12(11)17/h3-8,10,13H,2,9H2,1H3,(H,20,21). The number of ether oxygens (including phenoxy) is 1. The second-order valence-electron chi connectivity index (χ2n) is 4.67. The first-order chi connectivity index (χ1) is 11.1. The molecule has 1 aromatic heterocycles. The van der Waals surface area contributed by atoms with E-state index in [2.05, 4.69) is 20.0 Å². The highest BCUT2D eigenvalue weighted by Gasteiger charge is 2.23. The van der Waals surface area contributed by atoms with Crippen LogP contribution in [0.1, 0.15) is 24.2 Å². The van der Waals surface area contributed by atoms with Gasteiger partial charge in [-0.25, -0.2) is 9.18 Å². The summed E-state index contributed by atoms with van der Waals surface area (Å²) in [6, 6.07) is 5.51. The zero-order valence-corrected chi connectivity index (χ0v) is 12.5. The van der Waals surface area contributed by atoms with Crippen molar-refractivity contribution in [3.05, 3.63) is 59.9 Å². The molecule has 23 heavy (non-hydrogen) atoms. The molecule has 0 bridgehead atoms. The minimum absolute atomic E-state index is 0.0926. The number of halogens is 1. The fourth-order valence-corrected chi connectivity index (χ4v) is 2.02. The van der Waals surface area contributed by atoms with Gasteiger partial charge in [-0.15, -0.1) is 0 Å². The van der Waals surface area contributed by atoms with Gasteiger partial charge in [0.15, 0.2) is 0 Å². The smallest absolute Gasteiger partial charge is 0.396 e. The van der Waals surface area contributed by atoms with Gasteiger partial charge < -0.3 is 10.1 Å². The number of hydrogen-bond acceptors (Lipinski definition) is 5. The summed E-state index contributed by atoms with van der Waals surface area (Å²) in [5.74, 6) is -2.29.